The number of hydrogen-bond acceptors (Lipinski definition) is 3. The number of hydrogen-bond donors (Lipinski definition) is 2. The van der Waals surface area contributed by atoms with E-state index in [4.69, 9.17) is 10.5 Å². The fourth-order valence-electron chi connectivity index (χ4n) is 2.23. The van der Waals surface area contributed by atoms with E-state index in [1.807, 2.05) is 29.2 Å². The van der Waals surface area contributed by atoms with Gasteiger partial charge in [-0.2, -0.15) is 0 Å². The van der Waals surface area contributed by atoms with Crippen LogP contribution in [0, 0.1) is 5.92 Å². The number of urea groups is 1. The first kappa shape index (κ1) is 14.7. The Hall–Kier alpha value is -1.75. The summed E-state index contributed by atoms with van der Waals surface area (Å²) in [6.07, 6.45) is 2.17. The summed E-state index contributed by atoms with van der Waals surface area (Å²) in [6, 6.07) is 7.34. The van der Waals surface area contributed by atoms with Crippen molar-refractivity contribution in [3.05, 3.63) is 24.3 Å². The van der Waals surface area contributed by atoms with Gasteiger partial charge in [-0.1, -0.05) is 6.92 Å². The first-order chi connectivity index (χ1) is 9.69. The van der Waals surface area contributed by atoms with Crippen LogP contribution in [0.1, 0.15) is 19.8 Å². The number of anilines is 1. The third-order valence-electron chi connectivity index (χ3n) is 3.56. The van der Waals surface area contributed by atoms with E-state index in [0.29, 0.717) is 13.2 Å². The second kappa shape index (κ2) is 7.14. The number of nitrogens with one attached hydrogen (secondary N) is 1. The number of piperidine rings is 1. The lowest BCUT2D eigenvalue weighted by molar-refractivity contribution is 0.186. The summed E-state index contributed by atoms with van der Waals surface area (Å²) in [4.78, 5) is 14.0. The Morgan fingerprint density at radius 2 is 2.00 bits per heavy atom. The maximum Gasteiger partial charge on any atom is 0.321 e. The van der Waals surface area contributed by atoms with Gasteiger partial charge in [-0.3, -0.25) is 0 Å². The molecule has 0 spiro atoms. The molecule has 1 aromatic rings. The van der Waals surface area contributed by atoms with E-state index in [0.717, 1.165) is 43.3 Å². The molecule has 1 aliphatic heterocycles. The standard InChI is InChI=1S/C15H23N3O2/c1-12-6-9-18(10-7-12)15(19)17-13-2-4-14(5-3-13)20-11-8-16/h2-5,12H,6-11,16H2,1H3,(H,17,19). The number of likely N-dealkylation sites (tertiary alicyclic amines) is 1. The van der Waals surface area contributed by atoms with E-state index < -0.39 is 0 Å². The summed E-state index contributed by atoms with van der Waals surface area (Å²) >= 11 is 0. The van der Waals surface area contributed by atoms with E-state index in [1.165, 1.54) is 0 Å². The van der Waals surface area contributed by atoms with Crippen molar-refractivity contribution in [1.29, 1.82) is 0 Å². The third kappa shape index (κ3) is 4.13. The minimum atomic E-state index is -0.0208. The Bertz CT molecular complexity index is 425. The van der Waals surface area contributed by atoms with Gasteiger partial charge >= 0.3 is 6.03 Å². The fraction of sp³-hybridized carbons (Fsp3) is 0.533. The highest BCUT2D eigenvalue weighted by molar-refractivity contribution is 5.89. The Morgan fingerprint density at radius 3 is 2.60 bits per heavy atom. The first-order valence-corrected chi connectivity index (χ1v) is 7.18. The summed E-state index contributed by atoms with van der Waals surface area (Å²) in [5.74, 6) is 1.48. The molecule has 1 heterocycles. The lowest BCUT2D eigenvalue weighted by Crippen LogP contribution is -2.40. The van der Waals surface area contributed by atoms with Gasteiger partial charge in [0.05, 0.1) is 0 Å². The molecule has 0 bridgehead atoms. The monoisotopic (exact) mass is 277 g/mol. The van der Waals surface area contributed by atoms with Crippen LogP contribution in [0.15, 0.2) is 24.3 Å². The van der Waals surface area contributed by atoms with Crippen molar-refractivity contribution < 1.29 is 9.53 Å². The topological polar surface area (TPSA) is 67.6 Å². The van der Waals surface area contributed by atoms with Crippen molar-refractivity contribution in [3.63, 3.8) is 0 Å². The Kier molecular flexibility index (Phi) is 5.24. The molecular formula is C15H23N3O2. The molecule has 0 saturated carbocycles. The summed E-state index contributed by atoms with van der Waals surface area (Å²) in [7, 11) is 0. The Balaban J connectivity index is 1.84. The van der Waals surface area contributed by atoms with Crippen LogP contribution in [0.3, 0.4) is 0 Å². The molecule has 1 aliphatic rings. The van der Waals surface area contributed by atoms with Crippen molar-refractivity contribution in [2.75, 3.05) is 31.6 Å². The minimum absolute atomic E-state index is 0.0208. The number of benzene rings is 1. The molecule has 0 radical (unpaired) electrons. The molecule has 1 saturated heterocycles. The maximum atomic E-state index is 12.1. The van der Waals surface area contributed by atoms with Gasteiger partial charge in [-0.25, -0.2) is 4.79 Å². The van der Waals surface area contributed by atoms with Crippen LogP contribution in [0.5, 0.6) is 5.75 Å². The molecule has 1 aromatic carbocycles. The van der Waals surface area contributed by atoms with Crippen molar-refractivity contribution in [1.82, 2.24) is 4.90 Å². The average Bonchev–Trinajstić information content (AvgIpc) is 2.47. The van der Waals surface area contributed by atoms with E-state index in [-0.39, 0.29) is 6.03 Å². The number of carbonyl (C=O) groups is 1. The predicted octanol–water partition coefficient (Wildman–Crippen LogP) is 2.29. The quantitative estimate of drug-likeness (QED) is 0.887. The molecular weight excluding hydrogens is 254 g/mol. The molecule has 0 atom stereocenters. The van der Waals surface area contributed by atoms with Crippen LogP contribution in [-0.2, 0) is 0 Å². The lowest BCUT2D eigenvalue weighted by atomic mass is 10.00. The van der Waals surface area contributed by atoms with Crippen molar-refractivity contribution in [2.45, 2.75) is 19.8 Å². The highest BCUT2D eigenvalue weighted by Crippen LogP contribution is 2.19. The van der Waals surface area contributed by atoms with Crippen LogP contribution < -0.4 is 15.8 Å². The van der Waals surface area contributed by atoms with Gasteiger partial charge < -0.3 is 20.7 Å². The van der Waals surface area contributed by atoms with Gasteiger partial charge in [-0.15, -0.1) is 0 Å². The number of nitrogens with two attached hydrogens (primary N) is 1. The highest BCUT2D eigenvalue weighted by atomic mass is 16.5. The normalized spacial score (nSPS) is 16.0. The predicted molar refractivity (Wildman–Crippen MR) is 80.0 cm³/mol. The van der Waals surface area contributed by atoms with Gasteiger partial charge in [0, 0.05) is 25.3 Å². The minimum Gasteiger partial charge on any atom is -0.492 e. The third-order valence-corrected chi connectivity index (χ3v) is 3.56. The molecule has 0 aliphatic carbocycles. The van der Waals surface area contributed by atoms with Crippen LogP contribution >= 0.6 is 0 Å². The maximum absolute atomic E-state index is 12.1. The molecule has 2 amide bonds. The molecule has 3 N–H and O–H groups in total. The van der Waals surface area contributed by atoms with E-state index >= 15 is 0 Å². The van der Waals surface area contributed by atoms with E-state index in [1.54, 1.807) is 0 Å². The van der Waals surface area contributed by atoms with Crippen LogP contribution in [0.4, 0.5) is 10.5 Å². The smallest absolute Gasteiger partial charge is 0.321 e. The molecule has 110 valence electrons. The molecule has 20 heavy (non-hydrogen) atoms. The van der Waals surface area contributed by atoms with Crippen LogP contribution in [0.25, 0.3) is 0 Å². The van der Waals surface area contributed by atoms with Crippen molar-refractivity contribution in [3.8, 4) is 5.75 Å². The first-order valence-electron chi connectivity index (χ1n) is 7.18. The van der Waals surface area contributed by atoms with Crippen LogP contribution in [0.2, 0.25) is 0 Å². The lowest BCUT2D eigenvalue weighted by Gasteiger charge is -2.30. The zero-order chi connectivity index (χ0) is 14.4. The molecule has 2 rings (SSSR count). The summed E-state index contributed by atoms with van der Waals surface area (Å²) in [5, 5.41) is 2.92. The summed E-state index contributed by atoms with van der Waals surface area (Å²) < 4.78 is 5.40. The second-order valence-corrected chi connectivity index (χ2v) is 5.26. The molecule has 0 aromatic heterocycles. The largest absolute Gasteiger partial charge is 0.492 e. The number of carbonyl (C=O) groups excluding carboxylic acids is 1. The number of rotatable bonds is 4. The van der Waals surface area contributed by atoms with Gasteiger partial charge in [0.1, 0.15) is 12.4 Å². The number of nitrogens with zero attached hydrogens (tertiary/aromatic N) is 1. The van der Waals surface area contributed by atoms with E-state index in [2.05, 4.69) is 12.2 Å². The summed E-state index contributed by atoms with van der Waals surface area (Å²) in [5.41, 5.74) is 6.16. The number of amides is 2. The molecule has 1 fully saturated rings. The molecule has 5 nitrogen and oxygen atoms in total. The molecule has 0 unspecified atom stereocenters. The SMILES string of the molecule is CC1CCN(C(=O)Nc2ccc(OCCN)cc2)CC1. The van der Waals surface area contributed by atoms with E-state index in [9.17, 15) is 4.79 Å². The molecule has 5 heteroatoms. The highest BCUT2D eigenvalue weighted by Gasteiger charge is 2.20. The van der Waals surface area contributed by atoms with Gasteiger partial charge in [0.15, 0.2) is 0 Å². The Morgan fingerprint density at radius 1 is 1.35 bits per heavy atom. The van der Waals surface area contributed by atoms with Gasteiger partial charge in [-0.05, 0) is 43.0 Å². The zero-order valence-corrected chi connectivity index (χ0v) is 12.0. The Labute approximate surface area is 120 Å². The second-order valence-electron chi connectivity index (χ2n) is 5.26. The number of ether oxygens (including phenoxy) is 1. The summed E-state index contributed by atoms with van der Waals surface area (Å²) in [6.45, 7) is 4.90. The van der Waals surface area contributed by atoms with Gasteiger partial charge in [0.2, 0.25) is 0 Å². The zero-order valence-electron chi connectivity index (χ0n) is 12.0. The van der Waals surface area contributed by atoms with Gasteiger partial charge in [0.25, 0.3) is 0 Å². The van der Waals surface area contributed by atoms with Crippen molar-refractivity contribution in [2.24, 2.45) is 11.7 Å². The van der Waals surface area contributed by atoms with Crippen LogP contribution in [-0.4, -0.2) is 37.2 Å². The fourth-order valence-corrected chi connectivity index (χ4v) is 2.23. The average molecular weight is 277 g/mol. The van der Waals surface area contributed by atoms with Crippen molar-refractivity contribution >= 4 is 11.7 Å².